The molecule has 0 bridgehead atoms. The van der Waals surface area contributed by atoms with Crippen molar-refractivity contribution in [2.45, 2.75) is 110 Å². The largest absolute Gasteiger partial charge is 0.466 e. The van der Waals surface area contributed by atoms with Crippen molar-refractivity contribution in [1.82, 2.24) is 0 Å². The summed E-state index contributed by atoms with van der Waals surface area (Å²) in [4.78, 5) is 21.6. The van der Waals surface area contributed by atoms with Crippen LogP contribution in [0.25, 0.3) is 0 Å². The summed E-state index contributed by atoms with van der Waals surface area (Å²) in [7, 11) is -4.64. The molecule has 5 nitrogen and oxygen atoms in total. The Labute approximate surface area is 172 Å². The fourth-order valence-electron chi connectivity index (χ4n) is 2.92. The molecule has 0 aromatic heterocycles. The molecule has 0 aromatic carbocycles. The van der Waals surface area contributed by atoms with Crippen LogP contribution in [0, 0.1) is 0 Å². The first kappa shape index (κ1) is 29.6. The maximum Gasteiger partial charge on any atom is 0.466 e. The predicted molar refractivity (Wildman–Crippen MR) is 118 cm³/mol. The summed E-state index contributed by atoms with van der Waals surface area (Å²) in [6.07, 6.45) is 23.0. The van der Waals surface area contributed by atoms with E-state index in [1.54, 1.807) is 0 Å². The molecule has 0 spiro atoms. The van der Waals surface area contributed by atoms with E-state index in [9.17, 15) is 0 Å². The minimum absolute atomic E-state index is 0.337. The Hall–Kier alpha value is 0.420. The van der Waals surface area contributed by atoms with Gasteiger partial charge in [0, 0.05) is 5.75 Å². The Morgan fingerprint density at radius 1 is 0.593 bits per heavy atom. The van der Waals surface area contributed by atoms with Crippen molar-refractivity contribution in [3.63, 3.8) is 0 Å². The van der Waals surface area contributed by atoms with E-state index in [1.165, 1.54) is 108 Å². The first-order chi connectivity index (χ1) is 12.9. The minimum Gasteiger partial charge on any atom is -0.396 e. The zero-order chi connectivity index (χ0) is 20.6. The maximum atomic E-state index is 8.88. The molecule has 7 heteroatoms. The highest BCUT2D eigenvalue weighted by Crippen LogP contribution is 2.25. The Bertz CT molecular complexity index is 284. The third-order valence-electron chi connectivity index (χ3n) is 4.38. The lowest BCUT2D eigenvalue weighted by Crippen LogP contribution is -1.89. The van der Waals surface area contributed by atoms with Crippen LogP contribution in [-0.2, 0) is 4.57 Å². The highest BCUT2D eigenvalue weighted by Gasteiger charge is 2.00. The molecule has 0 saturated heterocycles. The van der Waals surface area contributed by atoms with E-state index < -0.39 is 7.82 Å². The Morgan fingerprint density at radius 2 is 0.889 bits per heavy atom. The van der Waals surface area contributed by atoms with Crippen LogP contribution in [0.15, 0.2) is 0 Å². The minimum atomic E-state index is -4.64. The molecule has 0 aliphatic carbocycles. The van der Waals surface area contributed by atoms with Crippen LogP contribution in [0.1, 0.15) is 110 Å². The molecule has 0 unspecified atom stereocenters. The number of unbranched alkanes of at least 4 members (excludes halogenated alkanes) is 15. The third kappa shape index (κ3) is 41.8. The van der Waals surface area contributed by atoms with Crippen molar-refractivity contribution in [3.05, 3.63) is 0 Å². The zero-order valence-corrected chi connectivity index (χ0v) is 19.2. The molecule has 0 aromatic rings. The van der Waals surface area contributed by atoms with Gasteiger partial charge in [0.15, 0.2) is 0 Å². The number of thioether (sulfide) groups is 1. The summed E-state index contributed by atoms with van der Waals surface area (Å²) in [6.45, 7) is 2.63. The van der Waals surface area contributed by atoms with Crippen LogP contribution in [0.3, 0.4) is 0 Å². The van der Waals surface area contributed by atoms with E-state index in [0.29, 0.717) is 6.61 Å². The molecule has 0 rings (SSSR count). The third-order valence-corrected chi connectivity index (χ3v) is 5.43. The lowest BCUT2D eigenvalue weighted by Gasteiger charge is -2.03. The van der Waals surface area contributed by atoms with Gasteiger partial charge in [0.1, 0.15) is 0 Å². The van der Waals surface area contributed by atoms with Crippen molar-refractivity contribution in [3.8, 4) is 0 Å². The van der Waals surface area contributed by atoms with Crippen molar-refractivity contribution < 1.29 is 24.4 Å². The van der Waals surface area contributed by atoms with Gasteiger partial charge < -0.3 is 19.8 Å². The second-order valence-corrected chi connectivity index (χ2v) is 9.40. The molecular formula is C20H45O5PS. The van der Waals surface area contributed by atoms with Crippen LogP contribution < -0.4 is 0 Å². The SMILES string of the molecule is CCCCCCCCCCCCCCCCCCSCCO.O=P(O)(O)O. The van der Waals surface area contributed by atoms with Gasteiger partial charge in [-0.05, 0) is 12.2 Å². The van der Waals surface area contributed by atoms with Gasteiger partial charge in [-0.15, -0.1) is 0 Å². The molecule has 166 valence electrons. The predicted octanol–water partition coefficient (Wildman–Crippen LogP) is 6.04. The average molecular weight is 429 g/mol. The molecule has 0 heterocycles. The van der Waals surface area contributed by atoms with E-state index in [0.717, 1.165) is 5.75 Å². The van der Waals surface area contributed by atoms with Gasteiger partial charge >= 0.3 is 7.82 Å². The summed E-state index contributed by atoms with van der Waals surface area (Å²) < 4.78 is 8.88. The highest BCUT2D eigenvalue weighted by molar-refractivity contribution is 7.99. The van der Waals surface area contributed by atoms with Crippen LogP contribution in [0.5, 0.6) is 0 Å². The van der Waals surface area contributed by atoms with Gasteiger partial charge in [0.05, 0.1) is 6.61 Å². The summed E-state index contributed by atoms with van der Waals surface area (Å²) >= 11 is 1.89. The molecule has 27 heavy (non-hydrogen) atoms. The van der Waals surface area contributed by atoms with E-state index >= 15 is 0 Å². The number of phosphoric acid groups is 1. The zero-order valence-electron chi connectivity index (χ0n) is 17.5. The summed E-state index contributed by atoms with van der Waals surface area (Å²) in [6, 6.07) is 0. The van der Waals surface area contributed by atoms with Gasteiger partial charge in [0.25, 0.3) is 0 Å². The Kier molecular flexibility index (Phi) is 26.8. The summed E-state index contributed by atoms with van der Waals surface area (Å²) in [5, 5.41) is 8.68. The normalized spacial score (nSPS) is 11.3. The first-order valence-electron chi connectivity index (χ1n) is 10.9. The second kappa shape index (κ2) is 24.5. The maximum absolute atomic E-state index is 8.88. The van der Waals surface area contributed by atoms with Crippen molar-refractivity contribution in [2.75, 3.05) is 18.1 Å². The Balaban J connectivity index is 0. The topological polar surface area (TPSA) is 98.0 Å². The standard InChI is InChI=1S/C20H42OS.H3O4P/c1-2-3-4-5-6-7-8-9-10-11-12-13-14-15-16-17-19-22-20-18-21;1-5(2,3)4/h21H,2-20H2,1H3;(H3,1,2,3,4). The van der Waals surface area contributed by atoms with Crippen LogP contribution in [0.2, 0.25) is 0 Å². The number of aliphatic hydroxyl groups excluding tert-OH is 1. The molecule has 0 atom stereocenters. The van der Waals surface area contributed by atoms with E-state index in [1.807, 2.05) is 11.8 Å². The molecule has 4 N–H and O–H groups in total. The number of hydrogen-bond donors (Lipinski definition) is 4. The smallest absolute Gasteiger partial charge is 0.396 e. The van der Waals surface area contributed by atoms with Gasteiger partial charge in [-0.25, -0.2) is 4.57 Å². The summed E-state index contributed by atoms with van der Waals surface area (Å²) in [5.74, 6) is 2.15. The van der Waals surface area contributed by atoms with Gasteiger partial charge in [0.2, 0.25) is 0 Å². The molecule has 0 amide bonds. The van der Waals surface area contributed by atoms with Crippen molar-refractivity contribution >= 4 is 19.6 Å². The lowest BCUT2D eigenvalue weighted by atomic mass is 10.0. The van der Waals surface area contributed by atoms with Gasteiger partial charge in [-0.2, -0.15) is 11.8 Å². The first-order valence-corrected chi connectivity index (χ1v) is 13.6. The van der Waals surface area contributed by atoms with E-state index in [2.05, 4.69) is 6.92 Å². The quantitative estimate of drug-likeness (QED) is 0.148. The molecular weight excluding hydrogens is 383 g/mol. The lowest BCUT2D eigenvalue weighted by molar-refractivity contribution is 0.275. The number of rotatable bonds is 19. The van der Waals surface area contributed by atoms with E-state index in [-0.39, 0.29) is 0 Å². The molecule has 0 radical (unpaired) electrons. The second-order valence-electron chi connectivity index (χ2n) is 7.15. The van der Waals surface area contributed by atoms with Crippen LogP contribution >= 0.6 is 19.6 Å². The van der Waals surface area contributed by atoms with Gasteiger partial charge in [-0.3, -0.25) is 0 Å². The molecule has 0 aliphatic heterocycles. The number of aliphatic hydroxyl groups is 1. The van der Waals surface area contributed by atoms with E-state index in [4.69, 9.17) is 24.4 Å². The van der Waals surface area contributed by atoms with Crippen LogP contribution in [-0.4, -0.2) is 37.9 Å². The average Bonchev–Trinajstić information content (AvgIpc) is 2.59. The monoisotopic (exact) mass is 428 g/mol. The molecule has 0 fully saturated rings. The van der Waals surface area contributed by atoms with Crippen molar-refractivity contribution in [1.29, 1.82) is 0 Å². The highest BCUT2D eigenvalue weighted by atomic mass is 32.2. The fraction of sp³-hybridized carbons (Fsp3) is 1.00. The molecule has 0 saturated carbocycles. The summed E-state index contributed by atoms with van der Waals surface area (Å²) in [5.41, 5.74) is 0. The van der Waals surface area contributed by atoms with Gasteiger partial charge in [-0.1, -0.05) is 103 Å². The van der Waals surface area contributed by atoms with Crippen LogP contribution in [0.4, 0.5) is 0 Å². The number of hydrogen-bond acceptors (Lipinski definition) is 3. The van der Waals surface area contributed by atoms with Crippen molar-refractivity contribution in [2.24, 2.45) is 0 Å². The molecule has 0 aliphatic rings. The Morgan fingerprint density at radius 3 is 1.19 bits per heavy atom. The fourth-order valence-corrected chi connectivity index (χ4v) is 3.66.